The van der Waals surface area contributed by atoms with E-state index in [1.54, 1.807) is 0 Å². The lowest BCUT2D eigenvalue weighted by molar-refractivity contribution is 0.0811. The predicted octanol–water partition coefficient (Wildman–Crippen LogP) is 0.143. The molecule has 0 unspecified atom stereocenters. The van der Waals surface area contributed by atoms with Crippen LogP contribution in [0, 0.1) is 12.3 Å². The van der Waals surface area contributed by atoms with Crippen molar-refractivity contribution in [2.24, 2.45) is 0 Å². The van der Waals surface area contributed by atoms with Gasteiger partial charge in [-0.2, -0.15) is 8.42 Å². The quantitative estimate of drug-likeness (QED) is 0.483. The van der Waals surface area contributed by atoms with Crippen LogP contribution in [0.5, 0.6) is 0 Å². The molecule has 0 spiro atoms. The first-order chi connectivity index (χ1) is 5.93. The first kappa shape index (κ1) is 10.5. The number of hydrogen-bond acceptors (Lipinski definition) is 4. The van der Waals surface area contributed by atoms with E-state index in [4.69, 9.17) is 15.3 Å². The molecule has 1 aliphatic rings. The van der Waals surface area contributed by atoms with Crippen molar-refractivity contribution in [2.45, 2.75) is 25.0 Å². The van der Waals surface area contributed by atoms with Gasteiger partial charge in [-0.25, -0.2) is 4.18 Å². The molecule has 0 aromatic rings. The van der Waals surface area contributed by atoms with Gasteiger partial charge in [0.05, 0.1) is 6.26 Å². The Labute approximate surface area is 78.3 Å². The van der Waals surface area contributed by atoms with Gasteiger partial charge in [-0.05, 0) is 6.92 Å². The van der Waals surface area contributed by atoms with Crippen molar-refractivity contribution in [2.75, 3.05) is 12.9 Å². The van der Waals surface area contributed by atoms with E-state index in [1.807, 2.05) is 6.92 Å². The highest BCUT2D eigenvalue weighted by atomic mass is 32.2. The summed E-state index contributed by atoms with van der Waals surface area (Å²) in [6, 6.07) is 0. The molecule has 0 N–H and O–H groups in total. The van der Waals surface area contributed by atoms with E-state index in [2.05, 4.69) is 5.92 Å². The molecule has 0 heterocycles. The third-order valence-electron chi connectivity index (χ3n) is 1.76. The van der Waals surface area contributed by atoms with Crippen LogP contribution in [-0.4, -0.2) is 33.0 Å². The minimum absolute atomic E-state index is 0.280. The second kappa shape index (κ2) is 3.29. The van der Waals surface area contributed by atoms with Crippen molar-refractivity contribution in [3.05, 3.63) is 0 Å². The second-order valence-corrected chi connectivity index (χ2v) is 4.54. The summed E-state index contributed by atoms with van der Waals surface area (Å²) < 4.78 is 31.6. The third-order valence-corrected chi connectivity index (χ3v) is 2.36. The Kier molecular flexibility index (Phi) is 2.66. The molecular formula is C8H12O4S. The topological polar surface area (TPSA) is 52.6 Å². The summed E-state index contributed by atoms with van der Waals surface area (Å²) in [4.78, 5) is 0. The van der Waals surface area contributed by atoms with Crippen LogP contribution in [0.2, 0.25) is 0 Å². The zero-order valence-electron chi connectivity index (χ0n) is 7.61. The molecule has 74 valence electrons. The summed E-state index contributed by atoms with van der Waals surface area (Å²) in [7, 11) is -3.51. The highest BCUT2D eigenvalue weighted by Crippen LogP contribution is 2.43. The molecule has 4 nitrogen and oxygen atoms in total. The molecule has 0 aromatic carbocycles. The predicted molar refractivity (Wildman–Crippen MR) is 47.5 cm³/mol. The van der Waals surface area contributed by atoms with E-state index < -0.39 is 15.7 Å². The Balaban J connectivity index is 2.63. The highest BCUT2D eigenvalue weighted by molar-refractivity contribution is 7.86. The van der Waals surface area contributed by atoms with Crippen LogP contribution in [0.15, 0.2) is 0 Å². The molecular weight excluding hydrogens is 192 g/mol. The standard InChI is InChI=1S/C8H12O4S/c1-4-8(12-13(3,9)10)6-7(8)11-5-2/h1,7H,5-6H2,2-3H3/t7-,8-/m1/s1. The number of ether oxygens (including phenoxy) is 1. The zero-order valence-corrected chi connectivity index (χ0v) is 8.43. The van der Waals surface area contributed by atoms with E-state index in [0.29, 0.717) is 13.0 Å². The Bertz CT molecular complexity index is 327. The van der Waals surface area contributed by atoms with Crippen LogP contribution in [0.25, 0.3) is 0 Å². The normalized spacial score (nSPS) is 32.5. The first-order valence-corrected chi connectivity index (χ1v) is 5.75. The molecule has 0 bridgehead atoms. The molecule has 1 saturated carbocycles. The number of terminal acetylenes is 1. The molecule has 5 heteroatoms. The van der Waals surface area contributed by atoms with Gasteiger partial charge in [0.1, 0.15) is 6.10 Å². The zero-order chi connectivity index (χ0) is 10.1. The Hall–Kier alpha value is -0.570. The smallest absolute Gasteiger partial charge is 0.265 e. The van der Waals surface area contributed by atoms with E-state index >= 15 is 0 Å². The summed E-state index contributed by atoms with van der Waals surface area (Å²) in [6.07, 6.45) is 6.33. The maximum Gasteiger partial charge on any atom is 0.265 e. The molecule has 0 aromatic heterocycles. The van der Waals surface area contributed by atoms with Gasteiger partial charge in [0.2, 0.25) is 0 Å². The van der Waals surface area contributed by atoms with E-state index in [9.17, 15) is 8.42 Å². The van der Waals surface area contributed by atoms with E-state index in [-0.39, 0.29) is 6.10 Å². The molecule has 0 aliphatic heterocycles. The van der Waals surface area contributed by atoms with Crippen LogP contribution >= 0.6 is 0 Å². The van der Waals surface area contributed by atoms with Gasteiger partial charge in [-0.1, -0.05) is 5.92 Å². The van der Waals surface area contributed by atoms with Crippen molar-refractivity contribution in [3.8, 4) is 12.3 Å². The highest BCUT2D eigenvalue weighted by Gasteiger charge is 2.58. The average molecular weight is 204 g/mol. The molecule has 1 fully saturated rings. The van der Waals surface area contributed by atoms with Crippen molar-refractivity contribution in [1.82, 2.24) is 0 Å². The molecule has 0 saturated heterocycles. The monoisotopic (exact) mass is 204 g/mol. The summed E-state index contributed by atoms with van der Waals surface area (Å²) >= 11 is 0. The van der Waals surface area contributed by atoms with Gasteiger partial charge in [0.25, 0.3) is 10.1 Å². The second-order valence-electron chi connectivity index (χ2n) is 2.97. The third kappa shape index (κ3) is 2.44. The Morgan fingerprint density at radius 2 is 2.31 bits per heavy atom. The van der Waals surface area contributed by atoms with Gasteiger partial charge in [0, 0.05) is 13.0 Å². The average Bonchev–Trinajstić information content (AvgIpc) is 2.61. The van der Waals surface area contributed by atoms with Crippen molar-refractivity contribution in [3.63, 3.8) is 0 Å². The number of rotatable bonds is 4. The van der Waals surface area contributed by atoms with Crippen molar-refractivity contribution >= 4 is 10.1 Å². The Morgan fingerprint density at radius 1 is 1.69 bits per heavy atom. The minimum atomic E-state index is -3.51. The molecule has 1 aliphatic carbocycles. The van der Waals surface area contributed by atoms with E-state index in [1.165, 1.54) is 0 Å². The van der Waals surface area contributed by atoms with Gasteiger partial charge >= 0.3 is 0 Å². The molecule has 0 radical (unpaired) electrons. The van der Waals surface area contributed by atoms with Crippen LogP contribution in [0.4, 0.5) is 0 Å². The van der Waals surface area contributed by atoms with Crippen molar-refractivity contribution < 1.29 is 17.3 Å². The van der Waals surface area contributed by atoms with Gasteiger partial charge in [0.15, 0.2) is 5.60 Å². The summed E-state index contributed by atoms with van der Waals surface area (Å²) in [5, 5.41) is 0. The fourth-order valence-corrected chi connectivity index (χ4v) is 1.91. The summed E-state index contributed by atoms with van der Waals surface area (Å²) in [5.41, 5.74) is -1.04. The van der Waals surface area contributed by atoms with Crippen LogP contribution < -0.4 is 0 Å². The van der Waals surface area contributed by atoms with Crippen LogP contribution in [-0.2, 0) is 19.0 Å². The SMILES string of the molecule is C#C[C@@]1(OS(C)(=O)=O)C[C@H]1OCC. The molecule has 2 atom stereocenters. The lowest BCUT2D eigenvalue weighted by atomic mass is 10.4. The van der Waals surface area contributed by atoms with E-state index in [0.717, 1.165) is 6.26 Å². The fraction of sp³-hybridized carbons (Fsp3) is 0.750. The summed E-state index contributed by atoms with van der Waals surface area (Å²) in [6.45, 7) is 2.32. The minimum Gasteiger partial charge on any atom is -0.374 e. The molecule has 0 amide bonds. The lowest BCUT2D eigenvalue weighted by Gasteiger charge is -2.09. The van der Waals surface area contributed by atoms with Crippen LogP contribution in [0.3, 0.4) is 0 Å². The van der Waals surface area contributed by atoms with Gasteiger partial charge in [-0.3, -0.25) is 0 Å². The van der Waals surface area contributed by atoms with Crippen molar-refractivity contribution in [1.29, 1.82) is 0 Å². The molecule has 13 heavy (non-hydrogen) atoms. The van der Waals surface area contributed by atoms with Gasteiger partial charge < -0.3 is 4.74 Å². The largest absolute Gasteiger partial charge is 0.374 e. The maximum absolute atomic E-state index is 10.8. The van der Waals surface area contributed by atoms with Crippen LogP contribution in [0.1, 0.15) is 13.3 Å². The molecule has 1 rings (SSSR count). The summed E-state index contributed by atoms with van der Waals surface area (Å²) in [5.74, 6) is 2.32. The van der Waals surface area contributed by atoms with Gasteiger partial charge in [-0.15, -0.1) is 6.42 Å². The maximum atomic E-state index is 10.8. The fourth-order valence-electron chi connectivity index (χ4n) is 1.14. The first-order valence-electron chi connectivity index (χ1n) is 3.93. The number of hydrogen-bond donors (Lipinski definition) is 0. The Morgan fingerprint density at radius 3 is 2.69 bits per heavy atom. The lowest BCUT2D eigenvalue weighted by Crippen LogP contribution is -2.22.